The van der Waals surface area contributed by atoms with E-state index in [0.717, 1.165) is 6.07 Å². The molecule has 0 atom stereocenters. The maximum absolute atomic E-state index is 13.3. The number of nitro benzene ring substituents is 1. The lowest BCUT2D eigenvalue weighted by Gasteiger charge is -2.25. The van der Waals surface area contributed by atoms with Crippen LogP contribution in [0.3, 0.4) is 0 Å². The van der Waals surface area contributed by atoms with Gasteiger partial charge >= 0.3 is 0 Å². The summed E-state index contributed by atoms with van der Waals surface area (Å²) in [5, 5.41) is 18.5. The summed E-state index contributed by atoms with van der Waals surface area (Å²) < 4.78 is 20.0. The molecule has 19 heavy (non-hydrogen) atoms. The van der Waals surface area contributed by atoms with Crippen LogP contribution >= 0.6 is 0 Å². The molecule has 0 aliphatic carbocycles. The molecule has 2 heterocycles. The minimum atomic E-state index is -0.675. The van der Waals surface area contributed by atoms with Crippen LogP contribution in [0.2, 0.25) is 0 Å². The normalized spacial score (nSPS) is 15.2. The molecule has 1 aromatic carbocycles. The van der Waals surface area contributed by atoms with E-state index < -0.39 is 10.7 Å². The Bertz CT molecular complexity index is 639. The molecule has 98 valence electrons. The summed E-state index contributed by atoms with van der Waals surface area (Å²) in [5.74, 6) is -0.675. The summed E-state index contributed by atoms with van der Waals surface area (Å²) in [5.41, 5.74) is 0.421. The predicted molar refractivity (Wildman–Crippen MR) is 61.9 cm³/mol. The summed E-state index contributed by atoms with van der Waals surface area (Å²) >= 11 is 0. The molecule has 0 amide bonds. The van der Waals surface area contributed by atoms with E-state index in [9.17, 15) is 14.5 Å². The lowest BCUT2D eigenvalue weighted by molar-refractivity contribution is -0.385. The zero-order valence-electron chi connectivity index (χ0n) is 9.69. The molecule has 1 aliphatic rings. The Morgan fingerprint density at radius 1 is 1.42 bits per heavy atom. The van der Waals surface area contributed by atoms with E-state index in [4.69, 9.17) is 4.74 Å². The summed E-state index contributed by atoms with van der Waals surface area (Å²) in [4.78, 5) is 10.0. The molecule has 1 saturated heterocycles. The number of nitro groups is 1. The van der Waals surface area contributed by atoms with E-state index >= 15 is 0 Å². The van der Waals surface area contributed by atoms with Crippen molar-refractivity contribution in [1.29, 1.82) is 0 Å². The Kier molecular flexibility index (Phi) is 2.71. The van der Waals surface area contributed by atoms with Crippen molar-refractivity contribution in [3.8, 4) is 11.3 Å². The average Bonchev–Trinajstić information content (AvgIpc) is 2.75. The average molecular weight is 264 g/mol. The second-order valence-electron chi connectivity index (χ2n) is 4.23. The number of aromatic nitrogens is 3. The third-order valence-corrected chi connectivity index (χ3v) is 2.89. The van der Waals surface area contributed by atoms with Crippen LogP contribution in [0.15, 0.2) is 24.4 Å². The van der Waals surface area contributed by atoms with Crippen molar-refractivity contribution in [2.24, 2.45) is 0 Å². The minimum Gasteiger partial charge on any atom is -0.377 e. The zero-order chi connectivity index (χ0) is 13.4. The second kappa shape index (κ2) is 4.39. The number of benzene rings is 1. The number of rotatable bonds is 3. The van der Waals surface area contributed by atoms with Crippen molar-refractivity contribution in [3.05, 3.63) is 40.3 Å². The van der Waals surface area contributed by atoms with Crippen molar-refractivity contribution in [3.63, 3.8) is 0 Å². The third-order valence-electron chi connectivity index (χ3n) is 2.89. The molecule has 7 nitrogen and oxygen atoms in total. The van der Waals surface area contributed by atoms with Gasteiger partial charge in [-0.1, -0.05) is 5.21 Å². The van der Waals surface area contributed by atoms with Crippen LogP contribution in [0.25, 0.3) is 11.3 Å². The van der Waals surface area contributed by atoms with Gasteiger partial charge in [0.1, 0.15) is 17.6 Å². The number of non-ortho nitro benzene ring substituents is 1. The van der Waals surface area contributed by atoms with Gasteiger partial charge in [-0.25, -0.2) is 9.07 Å². The van der Waals surface area contributed by atoms with E-state index in [1.54, 1.807) is 10.9 Å². The standard InChI is InChI=1S/C11H9FN4O3/c12-8-1-7(2-9(3-8)16(17)18)11-4-15(14-13-11)10-5-19-6-10/h1-4,10H,5-6H2. The fourth-order valence-corrected chi connectivity index (χ4v) is 1.79. The molecule has 0 unspecified atom stereocenters. The SMILES string of the molecule is O=[N+]([O-])c1cc(F)cc(-c2cn(C3COC3)nn2)c1. The van der Waals surface area contributed by atoms with Crippen LogP contribution in [-0.2, 0) is 4.74 Å². The zero-order valence-corrected chi connectivity index (χ0v) is 9.69. The maximum Gasteiger partial charge on any atom is 0.273 e. The molecule has 0 spiro atoms. The Labute approximate surface area is 106 Å². The van der Waals surface area contributed by atoms with Crippen LogP contribution < -0.4 is 0 Å². The van der Waals surface area contributed by atoms with Crippen LogP contribution in [-0.4, -0.2) is 33.1 Å². The second-order valence-corrected chi connectivity index (χ2v) is 4.23. The Morgan fingerprint density at radius 2 is 2.21 bits per heavy atom. The molecule has 1 fully saturated rings. The van der Waals surface area contributed by atoms with Gasteiger partial charge in [-0.2, -0.15) is 0 Å². The van der Waals surface area contributed by atoms with E-state index in [0.29, 0.717) is 24.5 Å². The molecule has 3 rings (SSSR count). The summed E-state index contributed by atoms with van der Waals surface area (Å²) in [6.07, 6.45) is 1.63. The number of hydrogen-bond donors (Lipinski definition) is 0. The monoisotopic (exact) mass is 264 g/mol. The van der Waals surface area contributed by atoms with Crippen molar-refractivity contribution < 1.29 is 14.1 Å². The van der Waals surface area contributed by atoms with Crippen LogP contribution in [0, 0.1) is 15.9 Å². The lowest BCUT2D eigenvalue weighted by atomic mass is 10.1. The number of hydrogen-bond acceptors (Lipinski definition) is 5. The number of nitrogens with zero attached hydrogens (tertiary/aromatic N) is 4. The quantitative estimate of drug-likeness (QED) is 0.620. The largest absolute Gasteiger partial charge is 0.377 e. The highest BCUT2D eigenvalue weighted by Crippen LogP contribution is 2.25. The van der Waals surface area contributed by atoms with Gasteiger partial charge in [0, 0.05) is 11.6 Å². The molecule has 8 heteroatoms. The molecule has 1 aromatic heterocycles. The first-order valence-corrected chi connectivity index (χ1v) is 5.58. The van der Waals surface area contributed by atoms with Gasteiger partial charge in [0.2, 0.25) is 0 Å². The number of halogens is 1. The fraction of sp³-hybridized carbons (Fsp3) is 0.273. The van der Waals surface area contributed by atoms with Crippen molar-refractivity contribution in [2.45, 2.75) is 6.04 Å². The predicted octanol–water partition coefficient (Wildman–Crippen LogP) is 1.56. The lowest BCUT2D eigenvalue weighted by Crippen LogP contribution is -2.30. The molecular formula is C11H9FN4O3. The van der Waals surface area contributed by atoms with Crippen LogP contribution in [0.5, 0.6) is 0 Å². The minimum absolute atomic E-state index is 0.129. The summed E-state index contributed by atoms with van der Waals surface area (Å²) in [6.45, 7) is 1.12. The topological polar surface area (TPSA) is 83.1 Å². The van der Waals surface area contributed by atoms with Gasteiger partial charge in [-0.05, 0) is 6.07 Å². The molecule has 1 aliphatic heterocycles. The van der Waals surface area contributed by atoms with Gasteiger partial charge in [0.05, 0.1) is 30.4 Å². The Balaban J connectivity index is 1.96. The summed E-state index contributed by atoms with van der Waals surface area (Å²) in [7, 11) is 0. The first-order chi connectivity index (χ1) is 9.13. The molecule has 0 N–H and O–H groups in total. The van der Waals surface area contributed by atoms with Gasteiger partial charge in [-0.3, -0.25) is 10.1 Å². The van der Waals surface area contributed by atoms with Crippen molar-refractivity contribution in [2.75, 3.05) is 13.2 Å². The Hall–Kier alpha value is -2.35. The molecule has 0 saturated carbocycles. The summed E-state index contributed by atoms with van der Waals surface area (Å²) in [6, 6.07) is 3.46. The van der Waals surface area contributed by atoms with Crippen molar-refractivity contribution in [1.82, 2.24) is 15.0 Å². The van der Waals surface area contributed by atoms with Gasteiger partial charge < -0.3 is 4.74 Å². The first-order valence-electron chi connectivity index (χ1n) is 5.58. The van der Waals surface area contributed by atoms with E-state index in [1.807, 2.05) is 0 Å². The molecule has 0 radical (unpaired) electrons. The van der Waals surface area contributed by atoms with Crippen LogP contribution in [0.1, 0.15) is 6.04 Å². The highest BCUT2D eigenvalue weighted by Gasteiger charge is 2.22. The van der Waals surface area contributed by atoms with E-state index in [1.165, 1.54) is 12.1 Å². The smallest absolute Gasteiger partial charge is 0.273 e. The molecule has 2 aromatic rings. The molecule has 0 bridgehead atoms. The first kappa shape index (κ1) is 11.7. The maximum atomic E-state index is 13.3. The highest BCUT2D eigenvalue weighted by atomic mass is 19.1. The Morgan fingerprint density at radius 3 is 2.84 bits per heavy atom. The van der Waals surface area contributed by atoms with E-state index in [-0.39, 0.29) is 11.7 Å². The number of ether oxygens (including phenoxy) is 1. The van der Waals surface area contributed by atoms with Crippen LogP contribution in [0.4, 0.5) is 10.1 Å². The third kappa shape index (κ3) is 2.17. The van der Waals surface area contributed by atoms with Crippen molar-refractivity contribution >= 4 is 5.69 Å². The highest BCUT2D eigenvalue weighted by molar-refractivity contribution is 5.61. The molecular weight excluding hydrogens is 255 g/mol. The van der Waals surface area contributed by atoms with Gasteiger partial charge in [0.25, 0.3) is 5.69 Å². The van der Waals surface area contributed by atoms with E-state index in [2.05, 4.69) is 10.3 Å². The van der Waals surface area contributed by atoms with Gasteiger partial charge in [0.15, 0.2) is 0 Å². The fourth-order valence-electron chi connectivity index (χ4n) is 1.79. The van der Waals surface area contributed by atoms with Gasteiger partial charge in [-0.15, -0.1) is 5.10 Å².